The second kappa shape index (κ2) is 9.56. The molecule has 0 saturated carbocycles. The van der Waals surface area contributed by atoms with Crippen LogP contribution in [0.2, 0.25) is 10.0 Å². The van der Waals surface area contributed by atoms with Gasteiger partial charge in [0.05, 0.1) is 16.0 Å². The van der Waals surface area contributed by atoms with Gasteiger partial charge in [-0.2, -0.15) is 0 Å². The average Bonchev–Trinajstić information content (AvgIpc) is 3.11. The molecule has 0 bridgehead atoms. The molecule has 0 spiro atoms. The number of nitrogens with zero attached hydrogens (tertiary/aromatic N) is 2. The number of amides is 1. The Hall–Kier alpha value is -1.87. The number of carbonyl (C=O) groups is 1. The van der Waals surface area contributed by atoms with E-state index in [9.17, 15) is 9.18 Å². The maximum Gasteiger partial charge on any atom is 0.237 e. The van der Waals surface area contributed by atoms with Crippen LogP contribution < -0.4 is 10.6 Å². The van der Waals surface area contributed by atoms with Crippen molar-refractivity contribution in [1.29, 1.82) is 0 Å². The van der Waals surface area contributed by atoms with Gasteiger partial charge in [-0.3, -0.25) is 4.79 Å². The number of hydrogen-bond donors (Lipinski definition) is 2. The first-order valence-electron chi connectivity index (χ1n) is 8.15. The van der Waals surface area contributed by atoms with Gasteiger partial charge in [0.1, 0.15) is 5.82 Å². The minimum Gasteiger partial charge on any atom is -0.356 e. The fourth-order valence-corrected chi connectivity index (χ4v) is 4.37. The summed E-state index contributed by atoms with van der Waals surface area (Å²) in [5, 5.41) is 15.2. The van der Waals surface area contributed by atoms with Crippen molar-refractivity contribution in [2.45, 2.75) is 23.1 Å². The van der Waals surface area contributed by atoms with Crippen LogP contribution in [0.5, 0.6) is 0 Å². The van der Waals surface area contributed by atoms with Crippen LogP contribution in [0.3, 0.4) is 0 Å². The number of thioether (sulfide) groups is 1. The minimum absolute atomic E-state index is 0.217. The van der Waals surface area contributed by atoms with Gasteiger partial charge in [0, 0.05) is 11.6 Å². The molecule has 0 aliphatic heterocycles. The first kappa shape index (κ1) is 20.9. The summed E-state index contributed by atoms with van der Waals surface area (Å²) in [6.07, 6.45) is 0. The Morgan fingerprint density at radius 1 is 1.21 bits per heavy atom. The van der Waals surface area contributed by atoms with Gasteiger partial charge in [-0.1, -0.05) is 58.4 Å². The molecule has 3 rings (SSSR count). The van der Waals surface area contributed by atoms with E-state index in [0.29, 0.717) is 31.7 Å². The number of halogens is 3. The Bertz CT molecular complexity index is 968. The monoisotopic (exact) mass is 456 g/mol. The first-order valence-corrected chi connectivity index (χ1v) is 10.6. The summed E-state index contributed by atoms with van der Waals surface area (Å²) in [4.78, 5) is 12.4. The van der Waals surface area contributed by atoms with Crippen molar-refractivity contribution in [3.8, 4) is 0 Å². The van der Waals surface area contributed by atoms with E-state index in [4.69, 9.17) is 23.2 Å². The van der Waals surface area contributed by atoms with Crippen LogP contribution in [0.4, 0.5) is 15.2 Å². The number of hydrogen-bond acceptors (Lipinski definition) is 6. The highest BCUT2D eigenvalue weighted by Gasteiger charge is 2.18. The van der Waals surface area contributed by atoms with E-state index in [1.165, 1.54) is 35.2 Å². The fourth-order valence-electron chi connectivity index (χ4n) is 2.14. The fraction of sp³-hybridized carbons (Fsp3) is 0.167. The van der Waals surface area contributed by atoms with Crippen LogP contribution in [0.25, 0.3) is 0 Å². The molecule has 2 N–H and O–H groups in total. The Balaban J connectivity index is 1.54. The molecule has 1 atom stereocenters. The summed E-state index contributed by atoms with van der Waals surface area (Å²) in [6, 6.07) is 11.1. The maximum atomic E-state index is 12.9. The standard InChI is InChI=1S/C18H15Cl2FN4OS2/c1-10(16(26)23-15-8-12(19)4-7-14(15)20)27-18-25-24-17(28-18)22-9-11-2-5-13(21)6-3-11/h2-8,10H,9H2,1H3,(H,22,24)(H,23,26). The third-order valence-corrected chi connectivity index (χ3v) is 6.23. The highest BCUT2D eigenvalue weighted by atomic mass is 35.5. The molecular weight excluding hydrogens is 442 g/mol. The SMILES string of the molecule is CC(Sc1nnc(NCc2ccc(F)cc2)s1)C(=O)Nc1cc(Cl)ccc1Cl. The number of anilines is 2. The third-order valence-electron chi connectivity index (χ3n) is 3.60. The highest BCUT2D eigenvalue weighted by Crippen LogP contribution is 2.31. The summed E-state index contributed by atoms with van der Waals surface area (Å²) < 4.78 is 13.6. The molecule has 2 aromatic carbocycles. The number of carbonyl (C=O) groups excluding carboxylic acids is 1. The van der Waals surface area contributed by atoms with Crippen molar-refractivity contribution >= 4 is 63.0 Å². The van der Waals surface area contributed by atoms with E-state index in [1.807, 2.05) is 0 Å². The van der Waals surface area contributed by atoms with E-state index in [1.54, 1.807) is 37.3 Å². The predicted molar refractivity (Wildman–Crippen MR) is 114 cm³/mol. The van der Waals surface area contributed by atoms with Gasteiger partial charge in [0.25, 0.3) is 0 Å². The zero-order chi connectivity index (χ0) is 20.1. The largest absolute Gasteiger partial charge is 0.356 e. The molecule has 5 nitrogen and oxygen atoms in total. The van der Waals surface area contributed by atoms with Gasteiger partial charge in [-0.25, -0.2) is 4.39 Å². The minimum atomic E-state index is -0.409. The summed E-state index contributed by atoms with van der Waals surface area (Å²) in [6.45, 7) is 2.27. The van der Waals surface area contributed by atoms with Gasteiger partial charge >= 0.3 is 0 Å². The topological polar surface area (TPSA) is 66.9 Å². The normalized spacial score (nSPS) is 11.9. The lowest BCUT2D eigenvalue weighted by molar-refractivity contribution is -0.115. The van der Waals surface area contributed by atoms with Crippen LogP contribution >= 0.6 is 46.3 Å². The quantitative estimate of drug-likeness (QED) is 0.445. The Morgan fingerprint density at radius 2 is 1.96 bits per heavy atom. The molecule has 0 aliphatic rings. The van der Waals surface area contributed by atoms with Gasteiger partial charge in [-0.05, 0) is 42.8 Å². The summed E-state index contributed by atoms with van der Waals surface area (Å²) in [5.74, 6) is -0.491. The van der Waals surface area contributed by atoms with E-state index in [-0.39, 0.29) is 11.7 Å². The second-order valence-electron chi connectivity index (χ2n) is 5.73. The number of nitrogens with one attached hydrogen (secondary N) is 2. The number of aromatic nitrogens is 2. The summed E-state index contributed by atoms with van der Waals surface area (Å²) in [7, 11) is 0. The average molecular weight is 457 g/mol. The molecule has 3 aromatic rings. The van der Waals surface area contributed by atoms with Crippen LogP contribution in [0.1, 0.15) is 12.5 Å². The summed E-state index contributed by atoms with van der Waals surface area (Å²) in [5.41, 5.74) is 1.39. The van der Waals surface area contributed by atoms with Crippen LogP contribution in [-0.4, -0.2) is 21.4 Å². The maximum absolute atomic E-state index is 12.9. The molecular formula is C18H15Cl2FN4OS2. The third kappa shape index (κ3) is 5.81. The molecule has 1 heterocycles. The lowest BCUT2D eigenvalue weighted by atomic mass is 10.2. The van der Waals surface area contributed by atoms with Crippen LogP contribution in [0.15, 0.2) is 46.8 Å². The smallest absolute Gasteiger partial charge is 0.237 e. The van der Waals surface area contributed by atoms with Crippen molar-refractivity contribution in [3.05, 3.63) is 63.9 Å². The number of benzene rings is 2. The predicted octanol–water partition coefficient (Wildman–Crippen LogP) is 5.72. The first-order chi connectivity index (χ1) is 13.4. The molecule has 1 unspecified atom stereocenters. The van der Waals surface area contributed by atoms with Crippen molar-refractivity contribution in [1.82, 2.24) is 10.2 Å². The van der Waals surface area contributed by atoms with Gasteiger partial charge in [-0.15, -0.1) is 10.2 Å². The lowest BCUT2D eigenvalue weighted by Gasteiger charge is -2.11. The Labute approximate surface area is 179 Å². The van der Waals surface area contributed by atoms with E-state index >= 15 is 0 Å². The number of rotatable bonds is 7. The van der Waals surface area contributed by atoms with Crippen molar-refractivity contribution in [2.75, 3.05) is 10.6 Å². The van der Waals surface area contributed by atoms with E-state index in [2.05, 4.69) is 20.8 Å². The van der Waals surface area contributed by atoms with E-state index in [0.717, 1.165) is 5.56 Å². The molecule has 28 heavy (non-hydrogen) atoms. The zero-order valence-corrected chi connectivity index (χ0v) is 17.7. The highest BCUT2D eigenvalue weighted by molar-refractivity contribution is 8.02. The van der Waals surface area contributed by atoms with Crippen LogP contribution in [-0.2, 0) is 11.3 Å². The zero-order valence-electron chi connectivity index (χ0n) is 14.6. The van der Waals surface area contributed by atoms with Gasteiger partial charge in [0.15, 0.2) is 4.34 Å². The summed E-state index contributed by atoms with van der Waals surface area (Å²) >= 11 is 14.6. The van der Waals surface area contributed by atoms with Crippen LogP contribution in [0, 0.1) is 5.82 Å². The second-order valence-corrected chi connectivity index (χ2v) is 9.14. The van der Waals surface area contributed by atoms with Gasteiger partial charge in [0.2, 0.25) is 11.0 Å². The van der Waals surface area contributed by atoms with Crippen molar-refractivity contribution < 1.29 is 9.18 Å². The molecule has 0 aliphatic carbocycles. The molecule has 146 valence electrons. The van der Waals surface area contributed by atoms with Crippen molar-refractivity contribution in [3.63, 3.8) is 0 Å². The molecule has 0 radical (unpaired) electrons. The van der Waals surface area contributed by atoms with Crippen molar-refractivity contribution in [2.24, 2.45) is 0 Å². The molecule has 1 amide bonds. The Morgan fingerprint density at radius 3 is 2.71 bits per heavy atom. The van der Waals surface area contributed by atoms with Gasteiger partial charge < -0.3 is 10.6 Å². The van der Waals surface area contributed by atoms with E-state index < -0.39 is 5.25 Å². The molecule has 10 heteroatoms. The lowest BCUT2D eigenvalue weighted by Crippen LogP contribution is -2.22. The molecule has 0 fully saturated rings. The molecule has 1 aromatic heterocycles. The molecule has 0 saturated heterocycles. The Kier molecular flexibility index (Phi) is 7.12.